The van der Waals surface area contributed by atoms with Gasteiger partial charge in [0, 0.05) is 34.6 Å². The van der Waals surface area contributed by atoms with Gasteiger partial charge in [0.05, 0.1) is 22.9 Å². The Labute approximate surface area is 165 Å². The molecule has 0 aliphatic carbocycles. The third kappa shape index (κ3) is 2.57. The van der Waals surface area contributed by atoms with Crippen LogP contribution in [-0.2, 0) is 7.05 Å². The molecule has 2 aromatic carbocycles. The van der Waals surface area contributed by atoms with E-state index in [-0.39, 0.29) is 0 Å². The second kappa shape index (κ2) is 6.14. The second-order valence-corrected chi connectivity index (χ2v) is 7.20. The zero-order valence-corrected chi connectivity index (χ0v) is 15.9. The molecule has 0 aliphatic rings. The first-order valence-electron chi connectivity index (χ1n) is 8.75. The lowest BCUT2D eigenvalue weighted by Crippen LogP contribution is -1.99. The molecule has 0 saturated heterocycles. The average molecular weight is 392 g/mol. The van der Waals surface area contributed by atoms with Crippen LogP contribution in [0.1, 0.15) is 5.56 Å². The highest BCUT2D eigenvalue weighted by Crippen LogP contribution is 2.36. The number of benzene rings is 2. The van der Waals surface area contributed by atoms with Gasteiger partial charge in [-0.3, -0.25) is 4.68 Å². The maximum atomic E-state index is 13.3. The lowest BCUT2D eigenvalue weighted by molar-refractivity contribution is 0.582. The molecule has 5 nitrogen and oxygen atoms in total. The van der Waals surface area contributed by atoms with Gasteiger partial charge in [0.25, 0.3) is 0 Å². The van der Waals surface area contributed by atoms with Crippen LogP contribution < -0.4 is 0 Å². The summed E-state index contributed by atoms with van der Waals surface area (Å²) in [6.45, 7) is 1.98. The van der Waals surface area contributed by atoms with Gasteiger partial charge < -0.3 is 0 Å². The van der Waals surface area contributed by atoms with Crippen LogP contribution in [0.2, 0.25) is 5.02 Å². The minimum absolute atomic E-state index is 0.527. The monoisotopic (exact) mass is 391 g/mol. The van der Waals surface area contributed by atoms with Crippen LogP contribution in [0.15, 0.2) is 54.9 Å². The number of aromatic nitrogens is 5. The van der Waals surface area contributed by atoms with Crippen molar-refractivity contribution in [2.75, 3.05) is 0 Å². The summed E-state index contributed by atoms with van der Waals surface area (Å²) in [7, 11) is 1.89. The van der Waals surface area contributed by atoms with E-state index in [1.165, 1.54) is 12.3 Å². The van der Waals surface area contributed by atoms with Crippen LogP contribution in [0.3, 0.4) is 0 Å². The Kier molecular flexibility index (Phi) is 3.70. The smallest absolute Gasteiger partial charge is 0.212 e. The zero-order valence-electron chi connectivity index (χ0n) is 15.2. The fourth-order valence-corrected chi connectivity index (χ4v) is 3.92. The van der Waals surface area contributed by atoms with E-state index in [2.05, 4.69) is 10.1 Å². The van der Waals surface area contributed by atoms with E-state index in [4.69, 9.17) is 16.7 Å². The number of hydrogen-bond acceptors (Lipinski definition) is 3. The summed E-state index contributed by atoms with van der Waals surface area (Å²) in [6.07, 6.45) is 3.45. The van der Waals surface area contributed by atoms with Crippen LogP contribution >= 0.6 is 11.6 Å². The average Bonchev–Trinajstić information content (AvgIpc) is 3.22. The molecule has 5 aromatic rings. The number of rotatable bonds is 2. The molecule has 138 valence electrons. The SMILES string of the molecule is Cc1cc(Cl)cc2c(-c3cccc4nn(C)cc34)nn(-c3ccc(F)nc3)c12. The fourth-order valence-electron chi connectivity index (χ4n) is 3.65. The zero-order chi connectivity index (χ0) is 19.4. The van der Waals surface area contributed by atoms with Gasteiger partial charge in [-0.05, 0) is 42.8 Å². The summed E-state index contributed by atoms with van der Waals surface area (Å²) in [5, 5.41) is 11.9. The Balaban J connectivity index is 1.88. The van der Waals surface area contributed by atoms with Gasteiger partial charge >= 0.3 is 0 Å². The number of aryl methyl sites for hydroxylation is 2. The summed E-state index contributed by atoms with van der Waals surface area (Å²) in [5.74, 6) is -0.527. The van der Waals surface area contributed by atoms with E-state index in [1.807, 2.05) is 50.5 Å². The Bertz CT molecular complexity index is 1350. The third-order valence-electron chi connectivity index (χ3n) is 4.81. The fraction of sp³-hybridized carbons (Fsp3) is 0.0952. The molecule has 0 saturated carbocycles. The Morgan fingerprint density at radius 2 is 1.89 bits per heavy atom. The van der Waals surface area contributed by atoms with Crippen molar-refractivity contribution in [1.82, 2.24) is 24.5 Å². The largest absolute Gasteiger partial charge is 0.275 e. The first kappa shape index (κ1) is 16.9. The number of halogens is 2. The van der Waals surface area contributed by atoms with Crippen molar-refractivity contribution in [1.29, 1.82) is 0 Å². The Hall–Kier alpha value is -3.25. The predicted octanol–water partition coefficient (Wildman–Crippen LogP) is 5.08. The summed E-state index contributed by atoms with van der Waals surface area (Å²) < 4.78 is 16.9. The van der Waals surface area contributed by atoms with Crippen molar-refractivity contribution in [2.24, 2.45) is 7.05 Å². The molecule has 28 heavy (non-hydrogen) atoms. The normalized spacial score (nSPS) is 11.6. The van der Waals surface area contributed by atoms with Gasteiger partial charge in [-0.1, -0.05) is 23.7 Å². The van der Waals surface area contributed by atoms with Gasteiger partial charge in [0.2, 0.25) is 5.95 Å². The molecular weight excluding hydrogens is 377 g/mol. The van der Waals surface area contributed by atoms with Gasteiger partial charge in [-0.25, -0.2) is 9.67 Å². The summed E-state index contributed by atoms with van der Waals surface area (Å²) in [5.41, 5.74) is 5.22. The Morgan fingerprint density at radius 3 is 2.68 bits per heavy atom. The van der Waals surface area contributed by atoms with Crippen molar-refractivity contribution >= 4 is 33.4 Å². The predicted molar refractivity (Wildman–Crippen MR) is 108 cm³/mol. The highest BCUT2D eigenvalue weighted by atomic mass is 35.5. The van der Waals surface area contributed by atoms with Crippen LogP contribution in [0.25, 0.3) is 38.8 Å². The van der Waals surface area contributed by atoms with Gasteiger partial charge in [0.1, 0.15) is 5.69 Å². The van der Waals surface area contributed by atoms with Crippen molar-refractivity contribution in [2.45, 2.75) is 6.92 Å². The van der Waals surface area contributed by atoms with E-state index in [0.29, 0.717) is 10.7 Å². The van der Waals surface area contributed by atoms with Crippen molar-refractivity contribution in [3.63, 3.8) is 0 Å². The molecule has 0 unspecified atom stereocenters. The van der Waals surface area contributed by atoms with E-state index in [0.717, 1.165) is 38.6 Å². The van der Waals surface area contributed by atoms with Gasteiger partial charge in [0.15, 0.2) is 0 Å². The van der Waals surface area contributed by atoms with E-state index >= 15 is 0 Å². The highest BCUT2D eigenvalue weighted by molar-refractivity contribution is 6.31. The molecule has 3 heterocycles. The highest BCUT2D eigenvalue weighted by Gasteiger charge is 2.19. The molecule has 0 bridgehead atoms. The molecule has 0 atom stereocenters. The van der Waals surface area contributed by atoms with Crippen molar-refractivity contribution in [3.8, 4) is 16.9 Å². The van der Waals surface area contributed by atoms with Crippen molar-refractivity contribution < 1.29 is 4.39 Å². The third-order valence-corrected chi connectivity index (χ3v) is 5.03. The van der Waals surface area contributed by atoms with E-state index in [1.54, 1.807) is 15.4 Å². The number of pyridine rings is 1. The molecular formula is C21H15ClFN5. The number of hydrogen-bond donors (Lipinski definition) is 0. The van der Waals surface area contributed by atoms with Gasteiger partial charge in [-0.15, -0.1) is 0 Å². The van der Waals surface area contributed by atoms with Crippen LogP contribution in [-0.4, -0.2) is 24.5 Å². The quantitative estimate of drug-likeness (QED) is 0.394. The Morgan fingerprint density at radius 1 is 1.04 bits per heavy atom. The second-order valence-electron chi connectivity index (χ2n) is 6.76. The minimum atomic E-state index is -0.527. The van der Waals surface area contributed by atoms with E-state index < -0.39 is 5.95 Å². The molecule has 5 rings (SSSR count). The maximum absolute atomic E-state index is 13.3. The molecule has 0 amide bonds. The maximum Gasteiger partial charge on any atom is 0.212 e. The van der Waals surface area contributed by atoms with Crippen LogP contribution in [0.4, 0.5) is 4.39 Å². The lowest BCUT2D eigenvalue weighted by atomic mass is 10.0. The molecule has 0 radical (unpaired) electrons. The van der Waals surface area contributed by atoms with E-state index in [9.17, 15) is 4.39 Å². The van der Waals surface area contributed by atoms with Crippen LogP contribution in [0.5, 0.6) is 0 Å². The van der Waals surface area contributed by atoms with Gasteiger partial charge in [-0.2, -0.15) is 14.6 Å². The lowest BCUT2D eigenvalue weighted by Gasteiger charge is -2.05. The topological polar surface area (TPSA) is 48.5 Å². The molecule has 0 fully saturated rings. The first-order valence-corrected chi connectivity index (χ1v) is 9.12. The molecule has 0 N–H and O–H groups in total. The summed E-state index contributed by atoms with van der Waals surface area (Å²) in [4.78, 5) is 3.78. The number of nitrogens with zero attached hydrogens (tertiary/aromatic N) is 5. The van der Waals surface area contributed by atoms with Crippen LogP contribution in [0, 0.1) is 12.9 Å². The van der Waals surface area contributed by atoms with Crippen molar-refractivity contribution in [3.05, 3.63) is 71.4 Å². The first-order chi connectivity index (χ1) is 13.5. The molecule has 0 aliphatic heterocycles. The molecule has 3 aromatic heterocycles. The molecule has 0 spiro atoms. The standard InChI is InChI=1S/C21H15ClFN5/c1-12-8-13(22)9-16-20(15-4-3-5-18-17(15)11-27(2)25-18)26-28(21(12)16)14-6-7-19(23)24-10-14/h3-11H,1-2H3. The number of fused-ring (bicyclic) bond motifs is 2. The summed E-state index contributed by atoms with van der Waals surface area (Å²) in [6, 6.07) is 12.8. The summed E-state index contributed by atoms with van der Waals surface area (Å²) >= 11 is 6.37. The molecule has 7 heteroatoms. The minimum Gasteiger partial charge on any atom is -0.275 e.